The third kappa shape index (κ3) is 6.93. The van der Waals surface area contributed by atoms with Gasteiger partial charge in [0.1, 0.15) is 0 Å². The second-order valence-corrected chi connectivity index (χ2v) is 17.4. The lowest BCUT2D eigenvalue weighted by Gasteiger charge is -2.54. The topological polar surface area (TPSA) is 52.6 Å². The van der Waals surface area contributed by atoms with Crippen molar-refractivity contribution in [1.82, 2.24) is 0 Å². The van der Waals surface area contributed by atoms with E-state index in [0.29, 0.717) is 11.5 Å². The van der Waals surface area contributed by atoms with Crippen molar-refractivity contribution in [2.24, 2.45) is 29.1 Å². The normalized spacial score (nSPS) is 41.1. The van der Waals surface area contributed by atoms with E-state index in [1.807, 2.05) is 0 Å². The molecule has 0 spiro atoms. The molecule has 0 radical (unpaired) electrons. The number of ether oxygens (including phenoxy) is 2. The lowest BCUT2D eigenvalue weighted by Crippen LogP contribution is -2.46. The summed E-state index contributed by atoms with van der Waals surface area (Å²) in [5.74, 6) is 3.67. The molecule has 5 aliphatic rings. The van der Waals surface area contributed by atoms with Gasteiger partial charge in [-0.05, 0) is 132 Å². The number of rotatable bonds is 8. The Hall–Kier alpha value is -0.130. The molecule has 0 aromatic heterocycles. The van der Waals surface area contributed by atoms with Crippen LogP contribution in [0.4, 0.5) is 0 Å². The smallest absolute Gasteiger partial charge is 0.156 e. The quantitative estimate of drug-likeness (QED) is 0.296. The van der Waals surface area contributed by atoms with Crippen molar-refractivity contribution in [3.05, 3.63) is 0 Å². The predicted octanol–water partition coefficient (Wildman–Crippen LogP) is 8.66. The van der Waals surface area contributed by atoms with E-state index < -0.39 is 9.84 Å². The first-order chi connectivity index (χ1) is 18.8. The summed E-state index contributed by atoms with van der Waals surface area (Å²) >= 11 is 0. The van der Waals surface area contributed by atoms with Crippen molar-refractivity contribution < 1.29 is 17.9 Å². The minimum atomic E-state index is -3.03. The summed E-state index contributed by atoms with van der Waals surface area (Å²) < 4.78 is 38.9. The molecule has 0 aromatic carbocycles. The van der Waals surface area contributed by atoms with Gasteiger partial charge in [0.15, 0.2) is 9.84 Å². The Morgan fingerprint density at radius 1 is 0.538 bits per heavy atom. The van der Waals surface area contributed by atoms with Crippen LogP contribution in [-0.2, 0) is 19.3 Å². The van der Waals surface area contributed by atoms with E-state index >= 15 is 0 Å². The Morgan fingerprint density at radius 2 is 0.949 bits per heavy atom. The van der Waals surface area contributed by atoms with Gasteiger partial charge in [0.25, 0.3) is 0 Å². The summed E-state index contributed by atoms with van der Waals surface area (Å²) in [7, 11) is -1.28. The van der Waals surface area contributed by atoms with E-state index in [9.17, 15) is 8.42 Å². The van der Waals surface area contributed by atoms with Crippen LogP contribution in [0.15, 0.2) is 0 Å². The van der Waals surface area contributed by atoms with Crippen molar-refractivity contribution in [3.8, 4) is 0 Å². The Bertz CT molecular complexity index is 834. The molecule has 39 heavy (non-hydrogen) atoms. The van der Waals surface area contributed by atoms with Crippen molar-refractivity contribution >= 4 is 9.84 Å². The Labute approximate surface area is 241 Å². The summed E-state index contributed by atoms with van der Waals surface area (Å²) in [5.41, 5.74) is 0.528. The third-order valence-electron chi connectivity index (χ3n) is 12.8. The summed E-state index contributed by atoms with van der Waals surface area (Å²) in [6, 6.07) is 0. The maximum atomic E-state index is 13.4. The van der Waals surface area contributed by atoms with Gasteiger partial charge in [-0.3, -0.25) is 0 Å². The number of hydrogen-bond acceptors (Lipinski definition) is 4. The van der Waals surface area contributed by atoms with Gasteiger partial charge >= 0.3 is 0 Å². The average molecular weight is 565 g/mol. The van der Waals surface area contributed by atoms with Gasteiger partial charge in [0, 0.05) is 7.11 Å². The van der Waals surface area contributed by atoms with Crippen LogP contribution in [0, 0.1) is 29.1 Å². The van der Waals surface area contributed by atoms with E-state index in [0.717, 1.165) is 75.0 Å². The van der Waals surface area contributed by atoms with Crippen LogP contribution in [0.25, 0.3) is 0 Å². The van der Waals surface area contributed by atoms with E-state index in [1.54, 1.807) is 7.11 Å². The molecule has 0 aromatic rings. The molecule has 5 fully saturated rings. The van der Waals surface area contributed by atoms with Crippen molar-refractivity contribution in [2.75, 3.05) is 7.11 Å². The fourth-order valence-corrected chi connectivity index (χ4v) is 12.5. The fraction of sp³-hybridized carbons (Fsp3) is 1.00. The second kappa shape index (κ2) is 13.4. The van der Waals surface area contributed by atoms with Crippen LogP contribution >= 0.6 is 0 Å². The van der Waals surface area contributed by atoms with Crippen LogP contribution in [-0.4, -0.2) is 44.3 Å². The van der Waals surface area contributed by atoms with Crippen LogP contribution < -0.4 is 0 Å². The third-order valence-corrected chi connectivity index (χ3v) is 15.6. The Kier molecular flexibility index (Phi) is 10.5. The molecule has 5 saturated carbocycles. The van der Waals surface area contributed by atoms with E-state index in [-0.39, 0.29) is 22.7 Å². The van der Waals surface area contributed by atoms with Gasteiger partial charge in [0.05, 0.1) is 28.8 Å². The van der Waals surface area contributed by atoms with Gasteiger partial charge in [-0.25, -0.2) is 8.42 Å². The van der Waals surface area contributed by atoms with Crippen LogP contribution in [0.3, 0.4) is 0 Å². The molecular formula is C34H60O4S. The molecule has 0 N–H and O–H groups in total. The molecule has 0 amide bonds. The number of methoxy groups -OCH3 is 1. The molecule has 5 rings (SSSR count). The summed E-state index contributed by atoms with van der Waals surface area (Å²) in [4.78, 5) is 0. The second-order valence-electron chi connectivity index (χ2n) is 14.9. The lowest BCUT2D eigenvalue weighted by atomic mass is 9.52. The van der Waals surface area contributed by atoms with Gasteiger partial charge in [0.2, 0.25) is 0 Å². The maximum absolute atomic E-state index is 13.4. The fourth-order valence-electron chi connectivity index (χ4n) is 10.1. The minimum absolute atomic E-state index is 0.146. The zero-order valence-electron chi connectivity index (χ0n) is 25.6. The molecule has 5 aliphatic carbocycles. The van der Waals surface area contributed by atoms with Gasteiger partial charge < -0.3 is 9.47 Å². The molecular weight excluding hydrogens is 504 g/mol. The predicted molar refractivity (Wildman–Crippen MR) is 161 cm³/mol. The zero-order chi connectivity index (χ0) is 27.5. The molecule has 0 bridgehead atoms. The van der Waals surface area contributed by atoms with Crippen LogP contribution in [0.1, 0.15) is 149 Å². The lowest BCUT2D eigenvalue weighted by molar-refractivity contribution is -0.0846. The summed E-state index contributed by atoms with van der Waals surface area (Å²) in [6.07, 6.45) is 25.9. The molecule has 1 atom stereocenters. The highest BCUT2D eigenvalue weighted by atomic mass is 32.2. The van der Waals surface area contributed by atoms with Crippen molar-refractivity contribution in [2.45, 2.75) is 177 Å². The van der Waals surface area contributed by atoms with E-state index in [2.05, 4.69) is 13.8 Å². The first-order valence-electron chi connectivity index (χ1n) is 17.2. The van der Waals surface area contributed by atoms with Crippen LogP contribution in [0.5, 0.6) is 0 Å². The molecule has 4 nitrogen and oxygen atoms in total. The highest BCUT2D eigenvalue weighted by Crippen LogP contribution is 2.57. The van der Waals surface area contributed by atoms with Crippen LogP contribution in [0.2, 0.25) is 0 Å². The highest BCUT2D eigenvalue weighted by Gasteiger charge is 2.48. The van der Waals surface area contributed by atoms with Crippen molar-refractivity contribution in [3.63, 3.8) is 0 Å². The largest absolute Gasteiger partial charge is 0.381 e. The van der Waals surface area contributed by atoms with E-state index in [4.69, 9.17) is 9.47 Å². The first-order valence-corrected chi connectivity index (χ1v) is 18.8. The summed E-state index contributed by atoms with van der Waals surface area (Å²) in [5, 5.41) is -0.293. The highest BCUT2D eigenvalue weighted by molar-refractivity contribution is 7.92. The Balaban J connectivity index is 1.11. The minimum Gasteiger partial charge on any atom is -0.381 e. The average Bonchev–Trinajstić information content (AvgIpc) is 2.98. The maximum Gasteiger partial charge on any atom is 0.156 e. The molecule has 226 valence electrons. The standard InChI is InChI=1S/C34H60O4S/c1-25-9-11-27(12-10-25)34(2,26-7-5-4-6-8-26)28-13-15-30(16-14-28)38-31-19-23-33(24-20-31)39(35,36)32-21-17-29(37-3)18-22-32/h25-33H,4-24H2,1-3H3. The van der Waals surface area contributed by atoms with Crippen molar-refractivity contribution in [1.29, 1.82) is 0 Å². The SMILES string of the molecule is COC1CCC(S(=O)(=O)C2CCC(OC3CCC(C(C)(C4CCCCC4)C4CCC(C)CC4)CC3)CC2)CC1. The summed E-state index contributed by atoms with van der Waals surface area (Å²) in [6.45, 7) is 5.20. The number of sulfone groups is 1. The Morgan fingerprint density at radius 3 is 1.44 bits per heavy atom. The molecule has 0 heterocycles. The monoisotopic (exact) mass is 564 g/mol. The van der Waals surface area contributed by atoms with E-state index in [1.165, 1.54) is 83.5 Å². The van der Waals surface area contributed by atoms with Gasteiger partial charge in [-0.2, -0.15) is 0 Å². The first kappa shape index (κ1) is 30.3. The molecule has 0 aliphatic heterocycles. The number of hydrogen-bond donors (Lipinski definition) is 0. The molecule has 5 heteroatoms. The zero-order valence-corrected chi connectivity index (χ0v) is 26.4. The molecule has 1 unspecified atom stereocenters. The molecule has 0 saturated heterocycles. The van der Waals surface area contributed by atoms with Gasteiger partial charge in [-0.1, -0.05) is 46.0 Å². The van der Waals surface area contributed by atoms with Gasteiger partial charge in [-0.15, -0.1) is 0 Å².